The largest absolute Gasteiger partial charge is 0.467 e. The topological polar surface area (TPSA) is 121 Å². The summed E-state index contributed by atoms with van der Waals surface area (Å²) in [5.74, 6) is 0.297. The Kier molecular flexibility index (Phi) is 7.96. The molecule has 0 aliphatic carbocycles. The van der Waals surface area contributed by atoms with Gasteiger partial charge in [0.15, 0.2) is 0 Å². The predicted octanol–water partition coefficient (Wildman–Crippen LogP) is 4.78. The number of piperidine rings is 1. The van der Waals surface area contributed by atoms with Gasteiger partial charge < -0.3 is 9.73 Å². The molecule has 1 N–H and O–H groups in total. The quantitative estimate of drug-likeness (QED) is 0.247. The number of benzene rings is 2. The lowest BCUT2D eigenvalue weighted by Crippen LogP contribution is -2.39. The molecule has 5 rings (SSSR count). The Morgan fingerprint density at radius 3 is 2.73 bits per heavy atom. The SMILES string of the molecule is C[C@H]1CCCN(S(=O)(=O)c2cccc(-c3nn(-c4ccccc4)cc3/C=C(\C#N)C(=O)NCc3ccco3)c2)C1. The van der Waals surface area contributed by atoms with Crippen molar-refractivity contribution < 1.29 is 17.6 Å². The second-order valence-electron chi connectivity index (χ2n) is 9.78. The lowest BCUT2D eigenvalue weighted by atomic mass is 10.0. The van der Waals surface area contributed by atoms with Crippen LogP contribution in [0.2, 0.25) is 0 Å². The highest BCUT2D eigenvalue weighted by atomic mass is 32.2. The number of nitrogens with one attached hydrogen (secondary N) is 1. The number of hydrogen-bond donors (Lipinski definition) is 1. The highest BCUT2D eigenvalue weighted by Crippen LogP contribution is 2.30. The predicted molar refractivity (Wildman–Crippen MR) is 150 cm³/mol. The fourth-order valence-electron chi connectivity index (χ4n) is 4.73. The van der Waals surface area contributed by atoms with Gasteiger partial charge >= 0.3 is 0 Å². The lowest BCUT2D eigenvalue weighted by molar-refractivity contribution is -0.117. The summed E-state index contributed by atoms with van der Waals surface area (Å²) < 4.78 is 35.4. The van der Waals surface area contributed by atoms with Crippen molar-refractivity contribution in [3.05, 3.63) is 96.1 Å². The first kappa shape index (κ1) is 27.1. The molecule has 9 nitrogen and oxygen atoms in total. The van der Waals surface area contributed by atoms with Gasteiger partial charge in [-0.05, 0) is 61.2 Å². The van der Waals surface area contributed by atoms with Gasteiger partial charge in [-0.1, -0.05) is 37.3 Å². The molecule has 1 saturated heterocycles. The summed E-state index contributed by atoms with van der Waals surface area (Å²) in [7, 11) is -3.70. The number of para-hydroxylation sites is 1. The first-order valence-electron chi connectivity index (χ1n) is 13.0. The van der Waals surface area contributed by atoms with E-state index in [1.165, 1.54) is 12.3 Å². The Labute approximate surface area is 233 Å². The van der Waals surface area contributed by atoms with Gasteiger partial charge in [-0.2, -0.15) is 14.7 Å². The fraction of sp³-hybridized carbons (Fsp3) is 0.233. The zero-order chi connectivity index (χ0) is 28.1. The Bertz CT molecular complexity index is 1670. The first-order chi connectivity index (χ1) is 19.3. The number of hydrogen-bond acceptors (Lipinski definition) is 6. The number of sulfonamides is 1. The van der Waals surface area contributed by atoms with E-state index in [1.807, 2.05) is 36.4 Å². The summed E-state index contributed by atoms with van der Waals surface area (Å²) in [6.45, 7) is 3.18. The van der Waals surface area contributed by atoms with Crippen LogP contribution in [0.1, 0.15) is 31.1 Å². The number of furan rings is 1. The second kappa shape index (κ2) is 11.7. The van der Waals surface area contributed by atoms with Crippen LogP contribution in [0.3, 0.4) is 0 Å². The van der Waals surface area contributed by atoms with Gasteiger partial charge in [-0.3, -0.25) is 4.79 Å². The van der Waals surface area contributed by atoms with Gasteiger partial charge in [-0.15, -0.1) is 0 Å². The maximum absolute atomic E-state index is 13.5. The molecule has 1 atom stereocenters. The monoisotopic (exact) mass is 555 g/mol. The molecule has 3 heterocycles. The van der Waals surface area contributed by atoms with Crippen LogP contribution in [0.25, 0.3) is 23.0 Å². The van der Waals surface area contributed by atoms with Crippen molar-refractivity contribution in [1.82, 2.24) is 19.4 Å². The number of aromatic nitrogens is 2. The Balaban J connectivity index is 1.53. The molecule has 10 heteroatoms. The van der Waals surface area contributed by atoms with Gasteiger partial charge in [0, 0.05) is 30.4 Å². The molecule has 1 aliphatic heterocycles. The van der Waals surface area contributed by atoms with Crippen LogP contribution in [0.5, 0.6) is 0 Å². The van der Waals surface area contributed by atoms with E-state index in [2.05, 4.69) is 12.2 Å². The molecule has 0 bridgehead atoms. The number of amides is 1. The molecule has 4 aromatic rings. The number of nitrogens with zero attached hydrogens (tertiary/aromatic N) is 4. The van der Waals surface area contributed by atoms with Crippen LogP contribution in [0, 0.1) is 17.2 Å². The molecule has 40 heavy (non-hydrogen) atoms. The molecule has 1 aliphatic rings. The number of carbonyl (C=O) groups is 1. The highest BCUT2D eigenvalue weighted by Gasteiger charge is 2.29. The molecule has 0 saturated carbocycles. The molecule has 204 valence electrons. The van der Waals surface area contributed by atoms with E-state index in [1.54, 1.807) is 51.6 Å². The molecule has 2 aromatic carbocycles. The first-order valence-corrected chi connectivity index (χ1v) is 14.5. The molecule has 1 amide bonds. The number of nitriles is 1. The Morgan fingerprint density at radius 2 is 2.00 bits per heavy atom. The minimum Gasteiger partial charge on any atom is -0.467 e. The van der Waals surface area contributed by atoms with E-state index >= 15 is 0 Å². The summed E-state index contributed by atoms with van der Waals surface area (Å²) in [6.07, 6.45) is 6.53. The molecule has 0 unspecified atom stereocenters. The van der Waals surface area contributed by atoms with Gasteiger partial charge in [-0.25, -0.2) is 13.1 Å². The molecule has 0 spiro atoms. The van der Waals surface area contributed by atoms with Crippen LogP contribution in [-0.2, 0) is 21.4 Å². The van der Waals surface area contributed by atoms with Gasteiger partial charge in [0.1, 0.15) is 23.1 Å². The highest BCUT2D eigenvalue weighted by molar-refractivity contribution is 7.89. The summed E-state index contributed by atoms with van der Waals surface area (Å²) in [5.41, 5.74) is 2.15. The van der Waals surface area contributed by atoms with Crippen molar-refractivity contribution in [2.24, 2.45) is 5.92 Å². The minimum absolute atomic E-state index is 0.119. The van der Waals surface area contributed by atoms with Crippen LogP contribution < -0.4 is 5.32 Å². The van der Waals surface area contributed by atoms with Crippen molar-refractivity contribution >= 4 is 22.0 Å². The minimum atomic E-state index is -3.70. The summed E-state index contributed by atoms with van der Waals surface area (Å²) >= 11 is 0. The number of rotatable bonds is 8. The average molecular weight is 556 g/mol. The third-order valence-electron chi connectivity index (χ3n) is 6.80. The van der Waals surface area contributed by atoms with E-state index in [0.29, 0.717) is 41.6 Å². The van der Waals surface area contributed by atoms with Crippen molar-refractivity contribution in [3.8, 4) is 23.0 Å². The van der Waals surface area contributed by atoms with Crippen LogP contribution in [0.4, 0.5) is 0 Å². The van der Waals surface area contributed by atoms with E-state index in [4.69, 9.17) is 9.52 Å². The van der Waals surface area contributed by atoms with E-state index in [0.717, 1.165) is 18.5 Å². The van der Waals surface area contributed by atoms with Crippen LogP contribution in [-0.4, -0.2) is 41.5 Å². The Hall–Kier alpha value is -4.46. The van der Waals surface area contributed by atoms with Crippen molar-refractivity contribution in [2.75, 3.05) is 13.1 Å². The third-order valence-corrected chi connectivity index (χ3v) is 8.66. The zero-order valence-electron chi connectivity index (χ0n) is 22.0. The molecule has 2 aromatic heterocycles. The molecule has 0 radical (unpaired) electrons. The van der Waals surface area contributed by atoms with E-state index < -0.39 is 15.9 Å². The molecule has 1 fully saturated rings. The Morgan fingerprint density at radius 1 is 1.18 bits per heavy atom. The van der Waals surface area contributed by atoms with E-state index in [-0.39, 0.29) is 17.0 Å². The maximum atomic E-state index is 13.5. The molecular formula is C30H29N5O4S. The number of carbonyl (C=O) groups excluding carboxylic acids is 1. The van der Waals surface area contributed by atoms with Crippen molar-refractivity contribution in [2.45, 2.75) is 31.2 Å². The summed E-state index contributed by atoms with van der Waals surface area (Å²) in [6, 6.07) is 21.5. The third kappa shape index (κ3) is 5.91. The zero-order valence-corrected chi connectivity index (χ0v) is 22.8. The molecular weight excluding hydrogens is 526 g/mol. The van der Waals surface area contributed by atoms with E-state index in [9.17, 15) is 18.5 Å². The van der Waals surface area contributed by atoms with Gasteiger partial charge in [0.05, 0.1) is 23.4 Å². The lowest BCUT2D eigenvalue weighted by Gasteiger charge is -2.30. The van der Waals surface area contributed by atoms with Crippen LogP contribution in [0.15, 0.2) is 94.1 Å². The van der Waals surface area contributed by atoms with Gasteiger partial charge in [0.25, 0.3) is 5.91 Å². The average Bonchev–Trinajstić information content (AvgIpc) is 3.65. The fourth-order valence-corrected chi connectivity index (χ4v) is 6.37. The van der Waals surface area contributed by atoms with Crippen molar-refractivity contribution in [1.29, 1.82) is 5.26 Å². The second-order valence-corrected chi connectivity index (χ2v) is 11.7. The summed E-state index contributed by atoms with van der Waals surface area (Å²) in [4.78, 5) is 13.0. The van der Waals surface area contributed by atoms with Gasteiger partial charge in [0.2, 0.25) is 10.0 Å². The summed E-state index contributed by atoms with van der Waals surface area (Å²) in [5, 5.41) is 17.2. The van der Waals surface area contributed by atoms with Crippen molar-refractivity contribution in [3.63, 3.8) is 0 Å². The smallest absolute Gasteiger partial charge is 0.262 e. The standard InChI is InChI=1S/C30H29N5O4S/c1-22-8-6-14-34(20-22)40(37,38)28-13-5-9-23(17-28)29-25(21-35(33-29)26-10-3-2-4-11-26)16-24(18-31)30(36)32-19-27-12-7-15-39-27/h2-5,7,9-13,15-17,21-22H,6,8,14,19-20H2,1H3,(H,32,36)/b24-16+/t22-/m0/s1. The van der Waals surface area contributed by atoms with Crippen LogP contribution >= 0.6 is 0 Å². The normalized spacial score (nSPS) is 16.4. The maximum Gasteiger partial charge on any atom is 0.262 e.